The van der Waals surface area contributed by atoms with Gasteiger partial charge in [-0.25, -0.2) is 9.59 Å². The highest BCUT2D eigenvalue weighted by Gasteiger charge is 2.18. The van der Waals surface area contributed by atoms with Gasteiger partial charge in [-0.15, -0.1) is 0 Å². The lowest BCUT2D eigenvalue weighted by molar-refractivity contribution is 0.0635. The highest BCUT2D eigenvalue weighted by molar-refractivity contribution is 5.90. The Morgan fingerprint density at radius 3 is 2.62 bits per heavy atom. The zero-order chi connectivity index (χ0) is 15.6. The van der Waals surface area contributed by atoms with Gasteiger partial charge < -0.3 is 13.9 Å². The van der Waals surface area contributed by atoms with Gasteiger partial charge in [0, 0.05) is 5.39 Å². The normalized spacial score (nSPS) is 11.2. The van der Waals surface area contributed by atoms with Crippen LogP contribution in [0.5, 0.6) is 5.75 Å². The summed E-state index contributed by atoms with van der Waals surface area (Å²) in [5.41, 5.74) is -0.966. The third-order valence-electron chi connectivity index (χ3n) is 2.58. The van der Waals surface area contributed by atoms with Crippen LogP contribution < -0.4 is 15.7 Å². The van der Waals surface area contributed by atoms with E-state index in [1.165, 1.54) is 13.2 Å². The van der Waals surface area contributed by atoms with Gasteiger partial charge in [-0.05, 0) is 32.9 Å². The molecule has 1 aromatic heterocycles. The number of ether oxygens (including phenoxy) is 2. The van der Waals surface area contributed by atoms with Crippen LogP contribution in [0.15, 0.2) is 33.5 Å². The lowest BCUT2D eigenvalue weighted by Crippen LogP contribution is -2.28. The molecule has 0 unspecified atom stereocenters. The van der Waals surface area contributed by atoms with E-state index in [0.29, 0.717) is 16.7 Å². The number of hydrogen-bond acceptors (Lipinski definition) is 5. The molecule has 0 aliphatic rings. The maximum Gasteiger partial charge on any atom is 0.412 e. The first-order chi connectivity index (χ1) is 9.80. The Labute approximate surface area is 121 Å². The number of hydrogen-bond donors (Lipinski definition) is 1. The van der Waals surface area contributed by atoms with Crippen molar-refractivity contribution in [2.45, 2.75) is 26.4 Å². The maximum atomic E-state index is 11.9. The van der Waals surface area contributed by atoms with Crippen molar-refractivity contribution < 1.29 is 18.7 Å². The van der Waals surface area contributed by atoms with Gasteiger partial charge in [-0.3, -0.25) is 5.32 Å². The highest BCUT2D eigenvalue weighted by atomic mass is 16.6. The number of fused-ring (bicyclic) bond motifs is 1. The number of methoxy groups -OCH3 is 1. The molecule has 0 atom stereocenters. The van der Waals surface area contributed by atoms with E-state index in [1.54, 1.807) is 39.0 Å². The fourth-order valence-corrected chi connectivity index (χ4v) is 1.78. The summed E-state index contributed by atoms with van der Waals surface area (Å²) >= 11 is 0. The van der Waals surface area contributed by atoms with Gasteiger partial charge in [0.25, 0.3) is 0 Å². The van der Waals surface area contributed by atoms with E-state index in [0.717, 1.165) is 0 Å². The van der Waals surface area contributed by atoms with Gasteiger partial charge in [0.15, 0.2) is 11.3 Å². The van der Waals surface area contributed by atoms with E-state index in [9.17, 15) is 9.59 Å². The van der Waals surface area contributed by atoms with Gasteiger partial charge in [0.1, 0.15) is 11.3 Å². The molecule has 0 spiro atoms. The van der Waals surface area contributed by atoms with Crippen LogP contribution in [-0.4, -0.2) is 18.8 Å². The van der Waals surface area contributed by atoms with Crippen molar-refractivity contribution in [1.29, 1.82) is 0 Å². The summed E-state index contributed by atoms with van der Waals surface area (Å²) in [5.74, 6) is 0.452. The standard InChI is InChI=1S/C15H17NO5/c1-15(2,3)21-14(18)16-10-8-9-6-5-7-11(19-4)12(9)20-13(10)17/h5-8H,1-4H3,(H,16,18). The predicted octanol–water partition coefficient (Wildman–Crippen LogP) is 3.15. The van der Waals surface area contributed by atoms with Crippen molar-refractivity contribution in [3.8, 4) is 5.75 Å². The first-order valence-corrected chi connectivity index (χ1v) is 6.41. The second kappa shape index (κ2) is 5.47. The van der Waals surface area contributed by atoms with Gasteiger partial charge >= 0.3 is 11.7 Å². The molecule has 0 aliphatic heterocycles. The minimum atomic E-state index is -0.711. The Balaban J connectivity index is 2.36. The SMILES string of the molecule is COc1cccc2cc(NC(=O)OC(C)(C)C)c(=O)oc12. The molecule has 112 valence electrons. The zero-order valence-corrected chi connectivity index (χ0v) is 12.4. The molecule has 6 nitrogen and oxygen atoms in total. The van der Waals surface area contributed by atoms with E-state index in [2.05, 4.69) is 5.32 Å². The lowest BCUT2D eigenvalue weighted by Gasteiger charge is -2.19. The largest absolute Gasteiger partial charge is 0.493 e. The Hall–Kier alpha value is -2.50. The predicted molar refractivity (Wildman–Crippen MR) is 78.9 cm³/mol. The average molecular weight is 291 g/mol. The molecule has 2 aromatic rings. The fourth-order valence-electron chi connectivity index (χ4n) is 1.78. The molecule has 0 saturated carbocycles. The van der Waals surface area contributed by atoms with Gasteiger partial charge in [-0.1, -0.05) is 12.1 Å². The van der Waals surface area contributed by atoms with Crippen molar-refractivity contribution in [3.05, 3.63) is 34.7 Å². The molecule has 21 heavy (non-hydrogen) atoms. The van der Waals surface area contributed by atoms with Crippen molar-refractivity contribution >= 4 is 22.7 Å². The van der Waals surface area contributed by atoms with Gasteiger partial charge in [0.2, 0.25) is 0 Å². The summed E-state index contributed by atoms with van der Waals surface area (Å²) < 4.78 is 15.4. The summed E-state index contributed by atoms with van der Waals surface area (Å²) in [6.07, 6.45) is -0.711. The first-order valence-electron chi connectivity index (χ1n) is 6.41. The van der Waals surface area contributed by atoms with Gasteiger partial charge in [0.05, 0.1) is 7.11 Å². The monoisotopic (exact) mass is 291 g/mol. The van der Waals surface area contributed by atoms with Crippen molar-refractivity contribution in [2.75, 3.05) is 12.4 Å². The summed E-state index contributed by atoms with van der Waals surface area (Å²) in [6.45, 7) is 5.21. The molecule has 0 saturated heterocycles. The molecule has 1 heterocycles. The second-order valence-electron chi connectivity index (χ2n) is 5.45. The molecule has 1 amide bonds. The quantitative estimate of drug-likeness (QED) is 0.860. The number of benzene rings is 1. The summed E-state index contributed by atoms with van der Waals surface area (Å²) in [6, 6.07) is 6.72. The van der Waals surface area contributed by atoms with E-state index >= 15 is 0 Å². The Morgan fingerprint density at radius 2 is 2.00 bits per heavy atom. The van der Waals surface area contributed by atoms with Crippen LogP contribution in [0, 0.1) is 0 Å². The van der Waals surface area contributed by atoms with Crippen LogP contribution >= 0.6 is 0 Å². The third kappa shape index (κ3) is 3.53. The molecule has 1 N–H and O–H groups in total. The second-order valence-corrected chi connectivity index (χ2v) is 5.45. The fraction of sp³-hybridized carbons (Fsp3) is 0.333. The average Bonchev–Trinajstić information content (AvgIpc) is 2.36. The number of para-hydroxylation sites is 1. The number of amides is 1. The smallest absolute Gasteiger partial charge is 0.412 e. The van der Waals surface area contributed by atoms with Crippen molar-refractivity contribution in [2.24, 2.45) is 0 Å². The Bertz CT molecular complexity index is 727. The third-order valence-corrected chi connectivity index (χ3v) is 2.58. The number of rotatable bonds is 2. The summed E-state index contributed by atoms with van der Waals surface area (Å²) in [7, 11) is 1.49. The molecule has 0 bridgehead atoms. The van der Waals surface area contributed by atoms with E-state index in [-0.39, 0.29) is 5.69 Å². The molecule has 6 heteroatoms. The molecule has 0 aliphatic carbocycles. The first kappa shape index (κ1) is 14.9. The van der Waals surface area contributed by atoms with Crippen molar-refractivity contribution in [1.82, 2.24) is 0 Å². The molecule has 2 rings (SSSR count). The molecule has 1 aromatic carbocycles. The number of nitrogens with one attached hydrogen (secondary N) is 1. The minimum absolute atomic E-state index is 0.0185. The van der Waals surface area contributed by atoms with Crippen LogP contribution in [0.2, 0.25) is 0 Å². The van der Waals surface area contributed by atoms with E-state index in [4.69, 9.17) is 13.9 Å². The summed E-state index contributed by atoms with van der Waals surface area (Å²) in [5, 5.41) is 3.03. The van der Waals surface area contributed by atoms with Crippen LogP contribution in [0.4, 0.5) is 10.5 Å². The Morgan fingerprint density at radius 1 is 1.29 bits per heavy atom. The van der Waals surface area contributed by atoms with Gasteiger partial charge in [-0.2, -0.15) is 0 Å². The molecule has 0 fully saturated rings. The Kier molecular flexibility index (Phi) is 3.88. The lowest BCUT2D eigenvalue weighted by atomic mass is 10.2. The van der Waals surface area contributed by atoms with E-state index in [1.807, 2.05) is 0 Å². The van der Waals surface area contributed by atoms with Crippen LogP contribution in [-0.2, 0) is 4.74 Å². The van der Waals surface area contributed by atoms with Crippen LogP contribution in [0.3, 0.4) is 0 Å². The molecule has 0 radical (unpaired) electrons. The maximum absolute atomic E-state index is 11.9. The minimum Gasteiger partial charge on any atom is -0.493 e. The van der Waals surface area contributed by atoms with Crippen LogP contribution in [0.25, 0.3) is 11.0 Å². The van der Waals surface area contributed by atoms with Crippen molar-refractivity contribution in [3.63, 3.8) is 0 Å². The zero-order valence-electron chi connectivity index (χ0n) is 12.4. The van der Waals surface area contributed by atoms with Crippen LogP contribution in [0.1, 0.15) is 20.8 Å². The number of anilines is 1. The van der Waals surface area contributed by atoms with E-state index < -0.39 is 17.3 Å². The topological polar surface area (TPSA) is 77.8 Å². The number of carbonyl (C=O) groups excluding carboxylic acids is 1. The molecular weight excluding hydrogens is 274 g/mol. The number of carbonyl (C=O) groups is 1. The highest BCUT2D eigenvalue weighted by Crippen LogP contribution is 2.25. The summed E-state index contributed by atoms with van der Waals surface area (Å²) in [4.78, 5) is 23.6. The molecular formula is C15H17NO5.